The number of benzene rings is 1. The Morgan fingerprint density at radius 1 is 1.31 bits per heavy atom. The molecule has 0 saturated heterocycles. The molecule has 1 aromatic rings. The van der Waals surface area contributed by atoms with E-state index in [0.717, 1.165) is 0 Å². The summed E-state index contributed by atoms with van der Waals surface area (Å²) in [6, 6.07) is 3.05. The first-order valence-electron chi connectivity index (χ1n) is 4.86. The number of alkyl halides is 1. The summed E-state index contributed by atoms with van der Waals surface area (Å²) >= 11 is 0. The van der Waals surface area contributed by atoms with Crippen LogP contribution in [0, 0.1) is 0 Å². The lowest BCUT2D eigenvalue weighted by Gasteiger charge is -2.16. The second kappa shape index (κ2) is 5.67. The summed E-state index contributed by atoms with van der Waals surface area (Å²) in [6.07, 6.45) is -0.898. The summed E-state index contributed by atoms with van der Waals surface area (Å²) in [5.74, 6) is 0.880. The molecule has 3 N–H and O–H groups in total. The molecule has 0 spiro atoms. The lowest BCUT2D eigenvalue weighted by atomic mass is 10.0. The summed E-state index contributed by atoms with van der Waals surface area (Å²) in [6.45, 7) is -0.658. The Hall–Kier alpha value is -1.33. The van der Waals surface area contributed by atoms with Crippen LogP contribution in [0.2, 0.25) is 0 Å². The Labute approximate surface area is 93.8 Å². The fourth-order valence-corrected chi connectivity index (χ4v) is 1.49. The molecule has 0 aliphatic heterocycles. The van der Waals surface area contributed by atoms with Gasteiger partial charge in [0.15, 0.2) is 11.5 Å². The number of aliphatic hydroxyl groups excluding tert-OH is 1. The van der Waals surface area contributed by atoms with Crippen molar-refractivity contribution in [2.75, 3.05) is 20.8 Å². The molecule has 1 atom stereocenters. The maximum Gasteiger partial charge on any atom is 0.161 e. The van der Waals surface area contributed by atoms with Gasteiger partial charge in [-0.05, 0) is 23.3 Å². The molecule has 1 unspecified atom stereocenters. The number of hydrogen-bond acceptors (Lipinski definition) is 4. The van der Waals surface area contributed by atoms with Crippen molar-refractivity contribution < 1.29 is 19.0 Å². The zero-order valence-electron chi connectivity index (χ0n) is 9.37. The SMILES string of the molecule is COc1cc(CF)c(C(O)CN)cc1OC. The van der Waals surface area contributed by atoms with Gasteiger partial charge in [0.05, 0.1) is 20.3 Å². The average molecular weight is 229 g/mol. The van der Waals surface area contributed by atoms with E-state index < -0.39 is 12.8 Å². The molecule has 0 amide bonds. The van der Waals surface area contributed by atoms with Gasteiger partial charge in [0, 0.05) is 6.54 Å². The zero-order valence-corrected chi connectivity index (χ0v) is 9.37. The first-order chi connectivity index (χ1) is 7.67. The van der Waals surface area contributed by atoms with Gasteiger partial charge in [0.2, 0.25) is 0 Å². The monoisotopic (exact) mass is 229 g/mol. The van der Waals surface area contributed by atoms with Crippen molar-refractivity contribution >= 4 is 0 Å². The molecule has 1 aromatic carbocycles. The highest BCUT2D eigenvalue weighted by Crippen LogP contribution is 2.33. The highest BCUT2D eigenvalue weighted by Gasteiger charge is 2.16. The second-order valence-electron chi connectivity index (χ2n) is 3.29. The summed E-state index contributed by atoms with van der Waals surface area (Å²) < 4.78 is 22.9. The van der Waals surface area contributed by atoms with Crippen LogP contribution >= 0.6 is 0 Å². The maximum atomic E-state index is 12.8. The van der Waals surface area contributed by atoms with E-state index in [0.29, 0.717) is 22.6 Å². The highest BCUT2D eigenvalue weighted by atomic mass is 19.1. The number of ether oxygens (including phenoxy) is 2. The number of methoxy groups -OCH3 is 2. The van der Waals surface area contributed by atoms with Gasteiger partial charge in [-0.25, -0.2) is 4.39 Å². The van der Waals surface area contributed by atoms with Gasteiger partial charge in [0.25, 0.3) is 0 Å². The molecule has 0 fully saturated rings. The summed E-state index contributed by atoms with van der Waals surface area (Å²) in [5.41, 5.74) is 6.14. The Bertz CT molecular complexity index is 357. The zero-order chi connectivity index (χ0) is 12.1. The van der Waals surface area contributed by atoms with Crippen molar-refractivity contribution in [2.45, 2.75) is 12.8 Å². The quantitative estimate of drug-likeness (QED) is 0.795. The van der Waals surface area contributed by atoms with E-state index in [1.807, 2.05) is 0 Å². The smallest absolute Gasteiger partial charge is 0.161 e. The van der Waals surface area contributed by atoms with Crippen molar-refractivity contribution in [2.24, 2.45) is 5.73 Å². The lowest BCUT2D eigenvalue weighted by Crippen LogP contribution is -2.13. The van der Waals surface area contributed by atoms with E-state index in [2.05, 4.69) is 0 Å². The van der Waals surface area contributed by atoms with Crippen molar-refractivity contribution in [1.29, 1.82) is 0 Å². The van der Waals surface area contributed by atoms with E-state index in [4.69, 9.17) is 15.2 Å². The molecule has 4 nitrogen and oxygen atoms in total. The van der Waals surface area contributed by atoms with E-state index in [-0.39, 0.29) is 6.54 Å². The van der Waals surface area contributed by atoms with Crippen LogP contribution in [-0.4, -0.2) is 25.9 Å². The number of nitrogens with two attached hydrogens (primary N) is 1. The Kier molecular flexibility index (Phi) is 4.52. The molecule has 1 rings (SSSR count). The van der Waals surface area contributed by atoms with Gasteiger partial charge in [-0.1, -0.05) is 0 Å². The minimum atomic E-state index is -0.898. The standard InChI is InChI=1S/C11H16FNO3/c1-15-10-3-7(5-12)8(9(14)6-13)4-11(10)16-2/h3-4,9,14H,5-6,13H2,1-2H3. The minimum absolute atomic E-state index is 0.0302. The lowest BCUT2D eigenvalue weighted by molar-refractivity contribution is 0.184. The third-order valence-corrected chi connectivity index (χ3v) is 2.37. The van der Waals surface area contributed by atoms with E-state index in [9.17, 15) is 9.50 Å². The molecule has 0 saturated carbocycles. The fourth-order valence-electron chi connectivity index (χ4n) is 1.49. The predicted molar refractivity (Wildman–Crippen MR) is 58.4 cm³/mol. The van der Waals surface area contributed by atoms with Crippen LogP contribution in [-0.2, 0) is 6.67 Å². The summed E-state index contributed by atoms with van der Waals surface area (Å²) in [4.78, 5) is 0. The van der Waals surface area contributed by atoms with Crippen molar-refractivity contribution in [1.82, 2.24) is 0 Å². The molecule has 90 valence electrons. The normalized spacial score (nSPS) is 12.3. The molecule has 0 bridgehead atoms. The van der Waals surface area contributed by atoms with Crippen LogP contribution < -0.4 is 15.2 Å². The fraction of sp³-hybridized carbons (Fsp3) is 0.455. The van der Waals surface area contributed by atoms with Crippen molar-refractivity contribution in [3.63, 3.8) is 0 Å². The van der Waals surface area contributed by atoms with Crippen molar-refractivity contribution in [3.8, 4) is 11.5 Å². The topological polar surface area (TPSA) is 64.7 Å². The van der Waals surface area contributed by atoms with E-state index >= 15 is 0 Å². The van der Waals surface area contributed by atoms with Gasteiger partial charge in [0.1, 0.15) is 6.67 Å². The first kappa shape index (κ1) is 12.7. The highest BCUT2D eigenvalue weighted by molar-refractivity contribution is 5.48. The van der Waals surface area contributed by atoms with Gasteiger partial charge in [-0.3, -0.25) is 0 Å². The Morgan fingerprint density at radius 2 is 1.88 bits per heavy atom. The molecule has 0 aliphatic carbocycles. The van der Waals surface area contributed by atoms with Gasteiger partial charge < -0.3 is 20.3 Å². The maximum absolute atomic E-state index is 12.8. The van der Waals surface area contributed by atoms with E-state index in [1.165, 1.54) is 20.3 Å². The van der Waals surface area contributed by atoms with Gasteiger partial charge >= 0.3 is 0 Å². The van der Waals surface area contributed by atoms with Crippen LogP contribution in [0.3, 0.4) is 0 Å². The molecule has 0 radical (unpaired) electrons. The Balaban J connectivity index is 3.25. The summed E-state index contributed by atoms with van der Waals surface area (Å²) in [7, 11) is 2.95. The first-order valence-corrected chi connectivity index (χ1v) is 4.86. The number of hydrogen-bond donors (Lipinski definition) is 2. The van der Waals surface area contributed by atoms with Crippen LogP contribution in [0.1, 0.15) is 17.2 Å². The number of halogens is 1. The molecular formula is C11H16FNO3. The molecule has 16 heavy (non-hydrogen) atoms. The summed E-state index contributed by atoms with van der Waals surface area (Å²) in [5, 5.41) is 9.64. The van der Waals surface area contributed by atoms with Crippen LogP contribution in [0.15, 0.2) is 12.1 Å². The average Bonchev–Trinajstić information content (AvgIpc) is 2.35. The molecule has 0 heterocycles. The predicted octanol–water partition coefficient (Wildman–Crippen LogP) is 1.17. The van der Waals surface area contributed by atoms with Crippen LogP contribution in [0.5, 0.6) is 11.5 Å². The number of aliphatic hydroxyl groups is 1. The molecule has 5 heteroatoms. The number of rotatable bonds is 5. The van der Waals surface area contributed by atoms with Crippen LogP contribution in [0.4, 0.5) is 4.39 Å². The molecule has 0 aromatic heterocycles. The molecule has 0 aliphatic rings. The van der Waals surface area contributed by atoms with Crippen molar-refractivity contribution in [3.05, 3.63) is 23.3 Å². The largest absolute Gasteiger partial charge is 0.493 e. The minimum Gasteiger partial charge on any atom is -0.493 e. The van der Waals surface area contributed by atoms with Gasteiger partial charge in [-0.15, -0.1) is 0 Å². The third-order valence-electron chi connectivity index (χ3n) is 2.37. The molecular weight excluding hydrogens is 213 g/mol. The van der Waals surface area contributed by atoms with E-state index in [1.54, 1.807) is 6.07 Å². The van der Waals surface area contributed by atoms with Gasteiger partial charge in [-0.2, -0.15) is 0 Å². The third kappa shape index (κ3) is 2.43. The second-order valence-corrected chi connectivity index (χ2v) is 3.29. The van der Waals surface area contributed by atoms with Crippen LogP contribution in [0.25, 0.3) is 0 Å². The Morgan fingerprint density at radius 3 is 2.31 bits per heavy atom.